The molecule has 0 bridgehead atoms. The van der Waals surface area contributed by atoms with Crippen molar-refractivity contribution in [2.75, 3.05) is 37.6 Å². The van der Waals surface area contributed by atoms with Crippen molar-refractivity contribution in [1.29, 1.82) is 0 Å². The lowest BCUT2D eigenvalue weighted by molar-refractivity contribution is 0.381. The highest BCUT2D eigenvalue weighted by Crippen LogP contribution is 2.25. The van der Waals surface area contributed by atoms with E-state index in [9.17, 15) is 0 Å². The third kappa shape index (κ3) is 3.06. The lowest BCUT2D eigenvalue weighted by Gasteiger charge is -2.37. The molecule has 1 heterocycles. The van der Waals surface area contributed by atoms with E-state index in [-0.39, 0.29) is 0 Å². The summed E-state index contributed by atoms with van der Waals surface area (Å²) in [4.78, 5) is 4.53. The second-order valence-corrected chi connectivity index (χ2v) is 5.05. The lowest BCUT2D eigenvalue weighted by Crippen LogP contribution is -2.51. The second-order valence-electron chi connectivity index (χ2n) is 4.26. The predicted octanol–water partition coefficient (Wildman–Crippen LogP) is 2.36. The molecule has 1 fully saturated rings. The standard InChI is InChI=1S/C13H18ClN3S/c1-2-15-13(18)17-9-7-16(8-10-17)12-6-4-3-5-11(12)14/h3-6H,2,7-10H2,1H3,(H,15,18). The van der Waals surface area contributed by atoms with Crippen LogP contribution in [-0.4, -0.2) is 42.7 Å². The SMILES string of the molecule is CCNC(=S)N1CCN(c2ccccc2Cl)CC1. The molecule has 0 aromatic heterocycles. The molecule has 2 rings (SSSR count). The Labute approximate surface area is 119 Å². The van der Waals surface area contributed by atoms with E-state index in [0.29, 0.717) is 0 Å². The van der Waals surface area contributed by atoms with E-state index in [0.717, 1.165) is 48.5 Å². The summed E-state index contributed by atoms with van der Waals surface area (Å²) in [5.41, 5.74) is 1.12. The van der Waals surface area contributed by atoms with Crippen molar-refractivity contribution >= 4 is 34.6 Å². The quantitative estimate of drug-likeness (QED) is 0.840. The van der Waals surface area contributed by atoms with Crippen LogP contribution in [0.5, 0.6) is 0 Å². The van der Waals surface area contributed by atoms with Crippen molar-refractivity contribution in [3.63, 3.8) is 0 Å². The van der Waals surface area contributed by atoms with Crippen LogP contribution in [0.25, 0.3) is 0 Å². The van der Waals surface area contributed by atoms with Crippen LogP contribution in [0, 0.1) is 0 Å². The molecule has 1 aromatic carbocycles. The van der Waals surface area contributed by atoms with Crippen molar-refractivity contribution in [2.24, 2.45) is 0 Å². The molecule has 0 amide bonds. The van der Waals surface area contributed by atoms with Gasteiger partial charge in [0.05, 0.1) is 10.7 Å². The number of halogens is 1. The molecule has 5 heteroatoms. The van der Waals surface area contributed by atoms with Gasteiger partial charge in [0.1, 0.15) is 0 Å². The van der Waals surface area contributed by atoms with E-state index < -0.39 is 0 Å². The van der Waals surface area contributed by atoms with Crippen LogP contribution in [0.2, 0.25) is 5.02 Å². The molecular formula is C13H18ClN3S. The molecule has 0 saturated carbocycles. The second kappa shape index (κ2) is 6.25. The zero-order valence-electron chi connectivity index (χ0n) is 10.5. The molecular weight excluding hydrogens is 266 g/mol. The average Bonchev–Trinajstić information content (AvgIpc) is 2.40. The van der Waals surface area contributed by atoms with Gasteiger partial charge in [0.15, 0.2) is 5.11 Å². The maximum atomic E-state index is 6.21. The first-order valence-electron chi connectivity index (χ1n) is 6.24. The van der Waals surface area contributed by atoms with Gasteiger partial charge in [-0.15, -0.1) is 0 Å². The molecule has 1 aromatic rings. The topological polar surface area (TPSA) is 18.5 Å². The average molecular weight is 284 g/mol. The maximum absolute atomic E-state index is 6.21. The van der Waals surface area contributed by atoms with Crippen molar-refractivity contribution in [3.8, 4) is 0 Å². The van der Waals surface area contributed by atoms with Crippen LogP contribution >= 0.6 is 23.8 Å². The number of rotatable bonds is 2. The van der Waals surface area contributed by atoms with Crippen LogP contribution in [0.1, 0.15) is 6.92 Å². The van der Waals surface area contributed by atoms with E-state index in [1.807, 2.05) is 18.2 Å². The summed E-state index contributed by atoms with van der Waals surface area (Å²) in [6.07, 6.45) is 0. The number of para-hydroxylation sites is 1. The molecule has 3 nitrogen and oxygen atoms in total. The smallest absolute Gasteiger partial charge is 0.169 e. The van der Waals surface area contributed by atoms with Crippen LogP contribution in [-0.2, 0) is 0 Å². The molecule has 1 aliphatic heterocycles. The maximum Gasteiger partial charge on any atom is 0.169 e. The highest BCUT2D eigenvalue weighted by molar-refractivity contribution is 7.80. The Morgan fingerprint density at radius 1 is 1.28 bits per heavy atom. The van der Waals surface area contributed by atoms with Crippen LogP contribution in [0.4, 0.5) is 5.69 Å². The molecule has 0 unspecified atom stereocenters. The van der Waals surface area contributed by atoms with Gasteiger partial charge in [-0.05, 0) is 31.3 Å². The highest BCUT2D eigenvalue weighted by atomic mass is 35.5. The third-order valence-corrected chi connectivity index (χ3v) is 3.81. The number of hydrogen-bond donors (Lipinski definition) is 1. The zero-order valence-corrected chi connectivity index (χ0v) is 12.1. The zero-order chi connectivity index (χ0) is 13.0. The van der Waals surface area contributed by atoms with E-state index in [4.69, 9.17) is 23.8 Å². The minimum atomic E-state index is 0.820. The van der Waals surface area contributed by atoms with Gasteiger partial charge in [-0.2, -0.15) is 0 Å². The Morgan fingerprint density at radius 2 is 1.94 bits per heavy atom. The number of nitrogens with zero attached hydrogens (tertiary/aromatic N) is 2. The molecule has 98 valence electrons. The van der Waals surface area contributed by atoms with Crippen molar-refractivity contribution < 1.29 is 0 Å². The van der Waals surface area contributed by atoms with Crippen molar-refractivity contribution in [3.05, 3.63) is 29.3 Å². The third-order valence-electron chi connectivity index (χ3n) is 3.09. The molecule has 0 aliphatic carbocycles. The van der Waals surface area contributed by atoms with Gasteiger partial charge < -0.3 is 15.1 Å². The van der Waals surface area contributed by atoms with Gasteiger partial charge in [0.25, 0.3) is 0 Å². The Morgan fingerprint density at radius 3 is 2.56 bits per heavy atom. The number of anilines is 1. The van der Waals surface area contributed by atoms with Gasteiger partial charge >= 0.3 is 0 Å². The normalized spacial score (nSPS) is 15.7. The van der Waals surface area contributed by atoms with Crippen LogP contribution in [0.15, 0.2) is 24.3 Å². The first-order valence-corrected chi connectivity index (χ1v) is 7.03. The van der Waals surface area contributed by atoms with E-state index in [1.54, 1.807) is 0 Å². The molecule has 1 aliphatic rings. The Hall–Kier alpha value is -1.00. The van der Waals surface area contributed by atoms with Gasteiger partial charge in [-0.1, -0.05) is 23.7 Å². The predicted molar refractivity (Wildman–Crippen MR) is 81.5 cm³/mol. The lowest BCUT2D eigenvalue weighted by atomic mass is 10.2. The Kier molecular flexibility index (Phi) is 4.66. The molecule has 0 radical (unpaired) electrons. The minimum absolute atomic E-state index is 0.820. The molecule has 0 spiro atoms. The summed E-state index contributed by atoms with van der Waals surface area (Å²) in [7, 11) is 0. The summed E-state index contributed by atoms with van der Waals surface area (Å²) in [5.74, 6) is 0. The van der Waals surface area contributed by atoms with Gasteiger partial charge in [-0.25, -0.2) is 0 Å². The fraction of sp³-hybridized carbons (Fsp3) is 0.462. The monoisotopic (exact) mass is 283 g/mol. The molecule has 0 atom stereocenters. The van der Waals surface area contributed by atoms with Crippen LogP contribution in [0.3, 0.4) is 0 Å². The summed E-state index contributed by atoms with van der Waals surface area (Å²) in [6.45, 7) is 6.73. The minimum Gasteiger partial charge on any atom is -0.367 e. The molecule has 1 saturated heterocycles. The number of nitrogens with one attached hydrogen (secondary N) is 1. The summed E-state index contributed by atoms with van der Waals surface area (Å²) in [6, 6.07) is 7.99. The summed E-state index contributed by atoms with van der Waals surface area (Å²) >= 11 is 11.5. The van der Waals surface area contributed by atoms with E-state index in [2.05, 4.69) is 28.1 Å². The summed E-state index contributed by atoms with van der Waals surface area (Å²) in [5, 5.41) is 4.87. The number of hydrogen-bond acceptors (Lipinski definition) is 2. The fourth-order valence-corrected chi connectivity index (χ4v) is 2.70. The van der Waals surface area contributed by atoms with E-state index >= 15 is 0 Å². The highest BCUT2D eigenvalue weighted by Gasteiger charge is 2.19. The van der Waals surface area contributed by atoms with E-state index in [1.165, 1.54) is 0 Å². The first kappa shape index (κ1) is 13.4. The van der Waals surface area contributed by atoms with Crippen molar-refractivity contribution in [1.82, 2.24) is 10.2 Å². The number of benzene rings is 1. The molecule has 1 N–H and O–H groups in total. The molecule has 18 heavy (non-hydrogen) atoms. The van der Waals surface area contributed by atoms with Gasteiger partial charge in [0, 0.05) is 32.7 Å². The number of thiocarbonyl (C=S) groups is 1. The van der Waals surface area contributed by atoms with Crippen molar-refractivity contribution in [2.45, 2.75) is 6.92 Å². The van der Waals surface area contributed by atoms with Gasteiger partial charge in [-0.3, -0.25) is 0 Å². The largest absolute Gasteiger partial charge is 0.367 e. The Bertz CT molecular complexity index is 416. The van der Waals surface area contributed by atoms with Crippen LogP contribution < -0.4 is 10.2 Å². The Balaban J connectivity index is 1.95. The number of piperazine rings is 1. The fourth-order valence-electron chi connectivity index (χ4n) is 2.12. The summed E-state index contributed by atoms with van der Waals surface area (Å²) < 4.78 is 0. The first-order chi connectivity index (χ1) is 8.72. The van der Waals surface area contributed by atoms with Gasteiger partial charge in [0.2, 0.25) is 0 Å².